The first-order valence-corrected chi connectivity index (χ1v) is 7.75. The van der Waals surface area contributed by atoms with Crippen molar-refractivity contribution in [3.05, 3.63) is 29.8 Å². The Morgan fingerprint density at radius 1 is 1.16 bits per heavy atom. The quantitative estimate of drug-likeness (QED) is 0.899. The summed E-state index contributed by atoms with van der Waals surface area (Å²) in [7, 11) is -3.38. The lowest BCUT2D eigenvalue weighted by Gasteiger charge is -2.29. The maximum absolute atomic E-state index is 12.1. The van der Waals surface area contributed by atoms with Crippen LogP contribution in [0.5, 0.6) is 0 Å². The number of carbonyl (C=O) groups is 1. The van der Waals surface area contributed by atoms with Gasteiger partial charge in [-0.15, -0.1) is 0 Å². The van der Waals surface area contributed by atoms with Crippen molar-refractivity contribution in [3.8, 4) is 0 Å². The molecule has 0 spiro atoms. The minimum absolute atomic E-state index is 0.247. The van der Waals surface area contributed by atoms with Gasteiger partial charge in [0.05, 0.1) is 10.3 Å². The van der Waals surface area contributed by atoms with Gasteiger partial charge >= 0.3 is 5.97 Å². The van der Waals surface area contributed by atoms with Crippen LogP contribution in [0.15, 0.2) is 29.2 Å². The minimum Gasteiger partial charge on any atom is -0.481 e. The Labute approximate surface area is 111 Å². The van der Waals surface area contributed by atoms with E-state index in [1.807, 2.05) is 0 Å². The Morgan fingerprint density at radius 3 is 2.11 bits per heavy atom. The van der Waals surface area contributed by atoms with Crippen molar-refractivity contribution in [1.82, 2.24) is 4.31 Å². The van der Waals surface area contributed by atoms with Gasteiger partial charge in [0.25, 0.3) is 0 Å². The van der Waals surface area contributed by atoms with E-state index in [-0.39, 0.29) is 4.90 Å². The summed E-state index contributed by atoms with van der Waals surface area (Å²) in [5.74, 6) is -0.828. The van der Waals surface area contributed by atoms with Crippen LogP contribution >= 0.6 is 0 Å². The second-order valence-electron chi connectivity index (χ2n) is 5.17. The van der Waals surface area contributed by atoms with E-state index in [9.17, 15) is 18.3 Å². The predicted octanol–water partition coefficient (Wildman–Crippen LogP) is 1.20. The standard InChI is InChI=1S/C13H15NO4S/c15-12(16)13(6-7-13)10-2-4-11(5-3-10)19(17,18)14-8-1-9-14/h2-5H,1,6-9H2,(H,15,16). The molecule has 3 rings (SSSR count). The molecule has 2 fully saturated rings. The number of aliphatic carboxylic acids is 1. The fourth-order valence-electron chi connectivity index (χ4n) is 2.37. The van der Waals surface area contributed by atoms with Crippen LogP contribution in [0.1, 0.15) is 24.8 Å². The lowest BCUT2D eigenvalue weighted by molar-refractivity contribution is -0.140. The van der Waals surface area contributed by atoms with Gasteiger partial charge in [0.2, 0.25) is 10.0 Å². The molecule has 0 amide bonds. The highest BCUT2D eigenvalue weighted by Gasteiger charge is 2.51. The van der Waals surface area contributed by atoms with Gasteiger partial charge in [0.15, 0.2) is 0 Å². The smallest absolute Gasteiger partial charge is 0.314 e. The molecule has 1 N–H and O–H groups in total. The predicted molar refractivity (Wildman–Crippen MR) is 68.4 cm³/mol. The summed E-state index contributed by atoms with van der Waals surface area (Å²) in [5, 5.41) is 9.20. The molecule has 1 heterocycles. The molecule has 5 nitrogen and oxygen atoms in total. The lowest BCUT2D eigenvalue weighted by Crippen LogP contribution is -2.41. The monoisotopic (exact) mass is 281 g/mol. The van der Waals surface area contributed by atoms with Gasteiger partial charge in [-0.2, -0.15) is 4.31 Å². The SMILES string of the molecule is O=C(O)C1(c2ccc(S(=O)(=O)N3CCC3)cc2)CC1. The van der Waals surface area contributed by atoms with Crippen molar-refractivity contribution in [2.75, 3.05) is 13.1 Å². The Bertz CT molecular complexity index is 613. The van der Waals surface area contributed by atoms with Crippen molar-refractivity contribution in [3.63, 3.8) is 0 Å². The van der Waals surface area contributed by atoms with Crippen LogP contribution in [0.2, 0.25) is 0 Å². The highest BCUT2D eigenvalue weighted by molar-refractivity contribution is 7.89. The van der Waals surface area contributed by atoms with E-state index in [1.54, 1.807) is 12.1 Å². The van der Waals surface area contributed by atoms with E-state index in [2.05, 4.69) is 0 Å². The van der Waals surface area contributed by atoms with Gasteiger partial charge in [-0.25, -0.2) is 8.42 Å². The van der Waals surface area contributed by atoms with Crippen LogP contribution in [0.3, 0.4) is 0 Å². The van der Waals surface area contributed by atoms with E-state index in [0.29, 0.717) is 31.5 Å². The van der Waals surface area contributed by atoms with Crippen molar-refractivity contribution >= 4 is 16.0 Å². The summed E-state index contributed by atoms with van der Waals surface area (Å²) < 4.78 is 25.7. The summed E-state index contributed by atoms with van der Waals surface area (Å²) in [4.78, 5) is 11.5. The molecule has 102 valence electrons. The van der Waals surface area contributed by atoms with E-state index < -0.39 is 21.4 Å². The molecule has 0 radical (unpaired) electrons. The number of rotatable bonds is 4. The maximum atomic E-state index is 12.1. The zero-order valence-corrected chi connectivity index (χ0v) is 11.2. The van der Waals surface area contributed by atoms with Crippen molar-refractivity contribution in [2.45, 2.75) is 29.6 Å². The molecule has 0 aromatic heterocycles. The second kappa shape index (κ2) is 4.05. The van der Waals surface area contributed by atoms with Gasteiger partial charge in [-0.05, 0) is 37.0 Å². The second-order valence-corrected chi connectivity index (χ2v) is 7.11. The van der Waals surface area contributed by atoms with Crippen molar-refractivity contribution < 1.29 is 18.3 Å². The van der Waals surface area contributed by atoms with Crippen LogP contribution in [0, 0.1) is 0 Å². The van der Waals surface area contributed by atoms with Crippen LogP contribution in [-0.2, 0) is 20.2 Å². The maximum Gasteiger partial charge on any atom is 0.314 e. The summed E-state index contributed by atoms with van der Waals surface area (Å²) >= 11 is 0. The third kappa shape index (κ3) is 1.86. The molecule has 19 heavy (non-hydrogen) atoms. The minimum atomic E-state index is -3.38. The number of nitrogens with zero attached hydrogens (tertiary/aromatic N) is 1. The van der Waals surface area contributed by atoms with Crippen LogP contribution in [0.25, 0.3) is 0 Å². The van der Waals surface area contributed by atoms with E-state index in [0.717, 1.165) is 6.42 Å². The first kappa shape index (κ1) is 12.6. The van der Waals surface area contributed by atoms with Gasteiger partial charge < -0.3 is 5.11 Å². The van der Waals surface area contributed by atoms with Gasteiger partial charge in [-0.1, -0.05) is 12.1 Å². The number of hydrogen-bond donors (Lipinski definition) is 1. The molecule has 1 aliphatic heterocycles. The van der Waals surface area contributed by atoms with Gasteiger partial charge in [0.1, 0.15) is 0 Å². The normalized spacial score (nSPS) is 21.7. The largest absolute Gasteiger partial charge is 0.481 e. The van der Waals surface area contributed by atoms with E-state index >= 15 is 0 Å². The van der Waals surface area contributed by atoms with Crippen molar-refractivity contribution in [2.24, 2.45) is 0 Å². The Hall–Kier alpha value is -1.40. The summed E-state index contributed by atoms with van der Waals surface area (Å²) in [6.07, 6.45) is 2.15. The number of carboxylic acids is 1. The third-order valence-corrected chi connectivity index (χ3v) is 5.93. The van der Waals surface area contributed by atoms with Crippen LogP contribution in [0.4, 0.5) is 0 Å². The Balaban J connectivity index is 1.89. The molecular formula is C13H15NO4S. The molecule has 0 unspecified atom stereocenters. The van der Waals surface area contributed by atoms with E-state index in [4.69, 9.17) is 0 Å². The molecule has 0 atom stereocenters. The van der Waals surface area contributed by atoms with Crippen LogP contribution in [-0.4, -0.2) is 36.9 Å². The number of sulfonamides is 1. The number of benzene rings is 1. The number of hydrogen-bond acceptors (Lipinski definition) is 3. The van der Waals surface area contributed by atoms with E-state index in [1.165, 1.54) is 16.4 Å². The summed E-state index contributed by atoms with van der Waals surface area (Å²) in [6, 6.07) is 6.31. The lowest BCUT2D eigenvalue weighted by atomic mass is 9.96. The average molecular weight is 281 g/mol. The molecule has 2 aliphatic rings. The van der Waals surface area contributed by atoms with Gasteiger partial charge in [0, 0.05) is 13.1 Å². The molecule has 1 saturated heterocycles. The van der Waals surface area contributed by atoms with Crippen LogP contribution < -0.4 is 0 Å². The molecule has 1 aliphatic carbocycles. The molecule has 1 saturated carbocycles. The average Bonchev–Trinajstić information content (AvgIpc) is 3.07. The summed E-state index contributed by atoms with van der Waals surface area (Å²) in [5.41, 5.74) is -0.0819. The zero-order valence-electron chi connectivity index (χ0n) is 10.4. The zero-order chi connectivity index (χ0) is 13.7. The molecular weight excluding hydrogens is 266 g/mol. The summed E-state index contributed by atoms with van der Waals surface area (Å²) in [6.45, 7) is 1.15. The first-order chi connectivity index (χ1) is 8.97. The highest BCUT2D eigenvalue weighted by atomic mass is 32.2. The molecule has 1 aromatic rings. The highest BCUT2D eigenvalue weighted by Crippen LogP contribution is 2.48. The molecule has 6 heteroatoms. The topological polar surface area (TPSA) is 74.7 Å². The first-order valence-electron chi connectivity index (χ1n) is 6.31. The molecule has 0 bridgehead atoms. The van der Waals surface area contributed by atoms with Crippen molar-refractivity contribution in [1.29, 1.82) is 0 Å². The number of carboxylic acid groups (broad SMARTS) is 1. The fourth-order valence-corrected chi connectivity index (χ4v) is 3.89. The van der Waals surface area contributed by atoms with Gasteiger partial charge in [-0.3, -0.25) is 4.79 Å². The Morgan fingerprint density at radius 2 is 1.74 bits per heavy atom. The third-order valence-electron chi connectivity index (χ3n) is 4.02. The Kier molecular flexibility index (Phi) is 2.69. The molecule has 1 aromatic carbocycles. The fraction of sp³-hybridized carbons (Fsp3) is 0.462.